The number of aromatic nitrogens is 2. The molecule has 4 aliphatic rings. The second kappa shape index (κ2) is 10.1. The van der Waals surface area contributed by atoms with E-state index in [1.165, 1.54) is 5.57 Å². The van der Waals surface area contributed by atoms with Gasteiger partial charge in [0.15, 0.2) is 23.1 Å². The molecule has 6 nitrogen and oxygen atoms in total. The number of carbonyl (C=O) groups excluding carboxylic acids is 2. The van der Waals surface area contributed by atoms with Crippen LogP contribution in [0.4, 0.5) is 0 Å². The molecule has 2 aromatic rings. The van der Waals surface area contributed by atoms with Crippen LogP contribution in [0.5, 0.6) is 11.5 Å². The van der Waals surface area contributed by atoms with Crippen molar-refractivity contribution in [2.45, 2.75) is 71.8 Å². The van der Waals surface area contributed by atoms with E-state index in [2.05, 4.69) is 41.6 Å². The second-order valence-corrected chi connectivity index (χ2v) is 12.6. The molecule has 6 heteroatoms. The molecule has 0 bridgehead atoms. The number of allylic oxidation sites excluding steroid dienone is 2. The standard InChI is InChI=1S/C33H40N2O4/c1-32-10-9-27-26(7-6-24-18-25(36)19-31(37)33(24,27)2)28(32)16-23(20-32)15-22-5-8-29(30(17-22)38-3)39-14-4-12-35-13-11-34-21-35/h5,8,11,13,15,17-18,21,26-28H,4,6-7,9-10,12,14,16,19-20H2,1-3H3/b23-15-/t26-,27+,28+,32-,33+/m1/s1. The Morgan fingerprint density at radius 2 is 2.03 bits per heavy atom. The van der Waals surface area contributed by atoms with Crippen LogP contribution in [0.1, 0.15) is 70.8 Å². The third-order valence-corrected chi connectivity index (χ3v) is 10.4. The number of ketones is 2. The Bertz CT molecular complexity index is 1330. The van der Waals surface area contributed by atoms with Crippen LogP contribution in [0.25, 0.3) is 6.08 Å². The monoisotopic (exact) mass is 528 g/mol. The summed E-state index contributed by atoms with van der Waals surface area (Å²) >= 11 is 0. The minimum atomic E-state index is -0.438. The van der Waals surface area contributed by atoms with Gasteiger partial charge in [-0.25, -0.2) is 4.98 Å². The summed E-state index contributed by atoms with van der Waals surface area (Å²) in [6, 6.07) is 6.24. The van der Waals surface area contributed by atoms with Crippen molar-refractivity contribution in [3.63, 3.8) is 0 Å². The van der Waals surface area contributed by atoms with Crippen molar-refractivity contribution in [2.75, 3.05) is 13.7 Å². The molecule has 4 aliphatic carbocycles. The molecule has 0 saturated heterocycles. The first-order valence-electron chi connectivity index (χ1n) is 14.5. The Kier molecular flexibility index (Phi) is 6.76. The minimum Gasteiger partial charge on any atom is -0.493 e. The number of rotatable bonds is 7. The van der Waals surface area contributed by atoms with Crippen LogP contribution in [-0.2, 0) is 16.1 Å². The zero-order valence-electron chi connectivity index (χ0n) is 23.4. The van der Waals surface area contributed by atoms with Crippen molar-refractivity contribution >= 4 is 17.6 Å². The van der Waals surface area contributed by atoms with Gasteiger partial charge in [0, 0.05) is 18.9 Å². The topological polar surface area (TPSA) is 70.4 Å². The Morgan fingerprint density at radius 1 is 1.15 bits per heavy atom. The van der Waals surface area contributed by atoms with E-state index in [0.29, 0.717) is 24.4 Å². The summed E-state index contributed by atoms with van der Waals surface area (Å²) < 4.78 is 13.8. The molecule has 1 aromatic heterocycles. The first-order chi connectivity index (χ1) is 18.8. The average Bonchev–Trinajstić information content (AvgIpc) is 3.55. The average molecular weight is 529 g/mol. The number of hydrogen-bond donors (Lipinski definition) is 0. The van der Waals surface area contributed by atoms with Gasteiger partial charge in [0.1, 0.15) is 0 Å². The number of nitrogens with zero attached hydrogens (tertiary/aromatic N) is 2. The molecule has 3 fully saturated rings. The third-order valence-electron chi connectivity index (χ3n) is 10.4. The van der Waals surface area contributed by atoms with Crippen LogP contribution in [0, 0.1) is 28.6 Å². The number of methoxy groups -OCH3 is 1. The number of fused-ring (bicyclic) bond motifs is 5. The lowest BCUT2D eigenvalue weighted by molar-refractivity contribution is -0.139. The highest BCUT2D eigenvalue weighted by atomic mass is 16.5. The van der Waals surface area contributed by atoms with Gasteiger partial charge in [-0.3, -0.25) is 9.59 Å². The van der Waals surface area contributed by atoms with Gasteiger partial charge in [-0.1, -0.05) is 30.2 Å². The van der Waals surface area contributed by atoms with Gasteiger partial charge >= 0.3 is 0 Å². The highest BCUT2D eigenvalue weighted by Gasteiger charge is 2.59. The van der Waals surface area contributed by atoms with E-state index in [1.54, 1.807) is 13.3 Å². The fraction of sp³-hybridized carbons (Fsp3) is 0.545. The Hall–Kier alpha value is -3.15. The molecule has 6 rings (SSSR count). The summed E-state index contributed by atoms with van der Waals surface area (Å²) in [6.07, 6.45) is 17.1. The van der Waals surface area contributed by atoms with Gasteiger partial charge in [-0.2, -0.15) is 0 Å². The minimum absolute atomic E-state index is 0.000938. The summed E-state index contributed by atoms with van der Waals surface area (Å²) in [5.41, 5.74) is 3.59. The largest absolute Gasteiger partial charge is 0.493 e. The lowest BCUT2D eigenvalue weighted by Crippen LogP contribution is -2.52. The highest BCUT2D eigenvalue weighted by molar-refractivity contribution is 6.11. The van der Waals surface area contributed by atoms with E-state index < -0.39 is 5.41 Å². The number of benzene rings is 1. The molecule has 1 aromatic carbocycles. The predicted molar refractivity (Wildman–Crippen MR) is 150 cm³/mol. The predicted octanol–water partition coefficient (Wildman–Crippen LogP) is 6.46. The molecule has 0 unspecified atom stereocenters. The maximum absolute atomic E-state index is 13.2. The quantitative estimate of drug-likeness (QED) is 0.305. The highest BCUT2D eigenvalue weighted by Crippen LogP contribution is 2.65. The molecular formula is C33H40N2O4. The second-order valence-electron chi connectivity index (χ2n) is 12.6. The Balaban J connectivity index is 1.16. The van der Waals surface area contributed by atoms with Crippen molar-refractivity contribution in [3.8, 4) is 11.5 Å². The molecule has 0 radical (unpaired) electrons. The number of aryl methyl sites for hydroxylation is 1. The van der Waals surface area contributed by atoms with Gasteiger partial charge in [-0.05, 0) is 98.8 Å². The lowest BCUT2D eigenvalue weighted by Gasteiger charge is -2.56. The lowest BCUT2D eigenvalue weighted by atomic mass is 9.47. The van der Waals surface area contributed by atoms with Crippen LogP contribution >= 0.6 is 0 Å². The summed E-state index contributed by atoms with van der Waals surface area (Å²) in [7, 11) is 1.70. The van der Waals surface area contributed by atoms with Crippen molar-refractivity contribution in [1.82, 2.24) is 9.55 Å². The molecule has 206 valence electrons. The van der Waals surface area contributed by atoms with E-state index in [-0.39, 0.29) is 23.4 Å². The summed E-state index contributed by atoms with van der Waals surface area (Å²) in [4.78, 5) is 29.4. The van der Waals surface area contributed by atoms with E-state index in [4.69, 9.17) is 9.47 Å². The summed E-state index contributed by atoms with van der Waals surface area (Å²) in [6.45, 7) is 6.10. The van der Waals surface area contributed by atoms with Crippen LogP contribution in [0.15, 0.2) is 54.1 Å². The smallest absolute Gasteiger partial charge is 0.163 e. The van der Waals surface area contributed by atoms with Crippen LogP contribution in [0.3, 0.4) is 0 Å². The Morgan fingerprint density at radius 3 is 2.82 bits per heavy atom. The molecule has 5 atom stereocenters. The fourth-order valence-corrected chi connectivity index (χ4v) is 8.39. The van der Waals surface area contributed by atoms with E-state index in [9.17, 15) is 9.59 Å². The molecule has 3 saturated carbocycles. The number of Topliss-reactive ketones (excluding diaryl/α,β-unsaturated/α-hetero) is 1. The molecule has 39 heavy (non-hydrogen) atoms. The van der Waals surface area contributed by atoms with Gasteiger partial charge in [0.25, 0.3) is 0 Å². The van der Waals surface area contributed by atoms with Crippen LogP contribution in [0.2, 0.25) is 0 Å². The van der Waals surface area contributed by atoms with Crippen LogP contribution < -0.4 is 9.47 Å². The fourth-order valence-electron chi connectivity index (χ4n) is 8.39. The van der Waals surface area contributed by atoms with Gasteiger partial charge in [-0.15, -0.1) is 0 Å². The summed E-state index contributed by atoms with van der Waals surface area (Å²) in [5, 5.41) is 0. The number of hydrogen-bond acceptors (Lipinski definition) is 5. The van der Waals surface area contributed by atoms with Crippen molar-refractivity contribution in [3.05, 3.63) is 59.7 Å². The van der Waals surface area contributed by atoms with Crippen LogP contribution in [-0.4, -0.2) is 34.8 Å². The van der Waals surface area contributed by atoms with E-state index >= 15 is 0 Å². The van der Waals surface area contributed by atoms with E-state index in [0.717, 1.165) is 74.1 Å². The first kappa shape index (κ1) is 26.1. The van der Waals surface area contributed by atoms with Gasteiger partial charge < -0.3 is 14.0 Å². The van der Waals surface area contributed by atoms with E-state index in [1.807, 2.05) is 24.7 Å². The van der Waals surface area contributed by atoms with Gasteiger partial charge in [0.05, 0.1) is 31.9 Å². The molecule has 0 spiro atoms. The number of carbonyl (C=O) groups is 2. The maximum atomic E-state index is 13.2. The van der Waals surface area contributed by atoms with Crippen molar-refractivity contribution in [2.24, 2.45) is 28.6 Å². The number of imidazole rings is 1. The third kappa shape index (κ3) is 4.66. The Labute approximate surface area is 231 Å². The van der Waals surface area contributed by atoms with Gasteiger partial charge in [0.2, 0.25) is 0 Å². The number of ether oxygens (including phenoxy) is 2. The summed E-state index contributed by atoms with van der Waals surface area (Å²) in [5.74, 6) is 3.19. The van der Waals surface area contributed by atoms with Crippen molar-refractivity contribution in [1.29, 1.82) is 0 Å². The normalized spacial score (nSPS) is 32.8. The zero-order chi connectivity index (χ0) is 27.2. The molecule has 0 aliphatic heterocycles. The molecular weight excluding hydrogens is 488 g/mol. The molecule has 0 N–H and O–H groups in total. The maximum Gasteiger partial charge on any atom is 0.163 e. The zero-order valence-corrected chi connectivity index (χ0v) is 23.4. The molecule has 1 heterocycles. The van der Waals surface area contributed by atoms with Crippen molar-refractivity contribution < 1.29 is 19.1 Å². The molecule has 0 amide bonds. The SMILES string of the molecule is COc1cc(/C=C2/C[C@H]3[C@@H]4CCC5=CC(=O)CC(=O)[C@]5(C)[C@H]4CC[C@]3(C)C2)ccc1OCCCn1ccnc1. The first-order valence-corrected chi connectivity index (χ1v) is 14.5.